The van der Waals surface area contributed by atoms with Crippen LogP contribution < -0.4 is 10.5 Å². The van der Waals surface area contributed by atoms with Crippen LogP contribution >= 0.6 is 12.4 Å². The molecular weight excluding hydrogens is 302 g/mol. The minimum atomic E-state index is 0. The van der Waals surface area contributed by atoms with Crippen molar-refractivity contribution in [3.05, 3.63) is 54.4 Å². The first-order chi connectivity index (χ1) is 10.1. The fourth-order valence-corrected chi connectivity index (χ4v) is 1.77. The van der Waals surface area contributed by atoms with E-state index in [2.05, 4.69) is 4.98 Å². The zero-order chi connectivity index (χ0) is 15.1. The number of carbonyl (C=O) groups excluding carboxylic acids is 1. The third kappa shape index (κ3) is 5.61. The Balaban J connectivity index is 0.00000242. The number of para-hydroxylation sites is 1. The second-order valence-electron chi connectivity index (χ2n) is 4.74. The van der Waals surface area contributed by atoms with E-state index < -0.39 is 0 Å². The van der Waals surface area contributed by atoms with Gasteiger partial charge in [-0.3, -0.25) is 9.78 Å². The van der Waals surface area contributed by atoms with Crippen molar-refractivity contribution in [1.82, 2.24) is 9.88 Å². The molecule has 0 aliphatic carbocycles. The van der Waals surface area contributed by atoms with Gasteiger partial charge < -0.3 is 15.4 Å². The number of nitrogens with zero attached hydrogens (tertiary/aromatic N) is 2. The van der Waals surface area contributed by atoms with Gasteiger partial charge in [-0.2, -0.15) is 0 Å². The maximum absolute atomic E-state index is 12.0. The van der Waals surface area contributed by atoms with E-state index in [0.29, 0.717) is 24.5 Å². The number of nitrogen functional groups attached to an aromatic ring is 1. The molecule has 5 nitrogen and oxygen atoms in total. The number of anilines is 1. The highest BCUT2D eigenvalue weighted by Crippen LogP contribution is 2.08. The smallest absolute Gasteiger partial charge is 0.228 e. The highest BCUT2D eigenvalue weighted by atomic mass is 35.5. The van der Waals surface area contributed by atoms with Crippen LogP contribution in [0.3, 0.4) is 0 Å². The minimum absolute atomic E-state index is 0. The zero-order valence-corrected chi connectivity index (χ0v) is 13.3. The van der Waals surface area contributed by atoms with Crippen LogP contribution in [0.1, 0.15) is 5.69 Å². The fourth-order valence-electron chi connectivity index (χ4n) is 1.77. The summed E-state index contributed by atoms with van der Waals surface area (Å²) in [5, 5.41) is 0. The summed E-state index contributed by atoms with van der Waals surface area (Å²) in [5.41, 5.74) is 6.87. The molecule has 0 aliphatic rings. The maximum Gasteiger partial charge on any atom is 0.228 e. The average molecular weight is 322 g/mol. The number of amides is 1. The van der Waals surface area contributed by atoms with Crippen molar-refractivity contribution in [2.24, 2.45) is 0 Å². The lowest BCUT2D eigenvalue weighted by Crippen LogP contribution is -2.32. The Hall–Kier alpha value is -2.27. The molecule has 6 heteroatoms. The van der Waals surface area contributed by atoms with Gasteiger partial charge in [-0.25, -0.2) is 0 Å². The fraction of sp³-hybridized carbons (Fsp3) is 0.250. The van der Waals surface area contributed by atoms with Crippen molar-refractivity contribution in [2.75, 3.05) is 25.9 Å². The predicted octanol–water partition coefficient (Wildman–Crippen LogP) is 2.17. The molecule has 0 fully saturated rings. The third-order valence-electron chi connectivity index (χ3n) is 3.04. The molecule has 2 rings (SSSR count). The highest BCUT2D eigenvalue weighted by Gasteiger charge is 2.10. The van der Waals surface area contributed by atoms with E-state index in [9.17, 15) is 4.79 Å². The molecule has 1 aromatic carbocycles. The number of carbonyl (C=O) groups is 1. The molecule has 1 amide bonds. The number of aromatic nitrogens is 1. The number of hydrogen-bond acceptors (Lipinski definition) is 4. The van der Waals surface area contributed by atoms with Gasteiger partial charge in [0.05, 0.1) is 24.8 Å². The van der Waals surface area contributed by atoms with Gasteiger partial charge in [-0.1, -0.05) is 18.2 Å². The number of ether oxygens (including phenoxy) is 1. The standard InChI is InChI=1S/C16H19N3O2.ClH/c1-19(9-10-21-15-5-3-2-4-6-15)16(20)11-14-8-7-13(17)12-18-14;/h2-8,12H,9-11,17H2,1H3;1H. The highest BCUT2D eigenvalue weighted by molar-refractivity contribution is 5.85. The van der Waals surface area contributed by atoms with Gasteiger partial charge in [0, 0.05) is 12.7 Å². The molecule has 2 aromatic rings. The van der Waals surface area contributed by atoms with Crippen LogP contribution in [-0.2, 0) is 11.2 Å². The molecule has 118 valence electrons. The van der Waals surface area contributed by atoms with Gasteiger partial charge in [0.15, 0.2) is 0 Å². The van der Waals surface area contributed by atoms with Crippen LogP contribution in [-0.4, -0.2) is 36.0 Å². The molecular formula is C16H20ClN3O2. The van der Waals surface area contributed by atoms with Gasteiger partial charge in [0.25, 0.3) is 0 Å². The molecule has 2 N–H and O–H groups in total. The van der Waals surface area contributed by atoms with E-state index in [4.69, 9.17) is 10.5 Å². The Bertz CT molecular complexity index is 576. The van der Waals surface area contributed by atoms with Gasteiger partial charge >= 0.3 is 0 Å². The number of hydrogen-bond donors (Lipinski definition) is 1. The van der Waals surface area contributed by atoms with E-state index >= 15 is 0 Å². The number of rotatable bonds is 6. The molecule has 22 heavy (non-hydrogen) atoms. The van der Waals surface area contributed by atoms with E-state index in [1.165, 1.54) is 0 Å². The monoisotopic (exact) mass is 321 g/mol. The van der Waals surface area contributed by atoms with Crippen LogP contribution in [0.25, 0.3) is 0 Å². The molecule has 0 saturated heterocycles. The Kier molecular flexibility index (Phi) is 7.19. The van der Waals surface area contributed by atoms with Crippen LogP contribution in [0, 0.1) is 0 Å². The van der Waals surface area contributed by atoms with Gasteiger partial charge in [0.2, 0.25) is 5.91 Å². The largest absolute Gasteiger partial charge is 0.492 e. The molecule has 0 bridgehead atoms. The molecule has 1 heterocycles. The van der Waals surface area contributed by atoms with Crippen molar-refractivity contribution in [1.29, 1.82) is 0 Å². The Morgan fingerprint density at radius 2 is 1.95 bits per heavy atom. The first kappa shape index (κ1) is 17.8. The zero-order valence-electron chi connectivity index (χ0n) is 12.4. The molecule has 1 aromatic heterocycles. The summed E-state index contributed by atoms with van der Waals surface area (Å²) in [5.74, 6) is 0.808. The lowest BCUT2D eigenvalue weighted by atomic mass is 10.2. The van der Waals surface area contributed by atoms with Crippen LogP contribution in [0.2, 0.25) is 0 Å². The Morgan fingerprint density at radius 3 is 2.59 bits per heavy atom. The molecule has 0 unspecified atom stereocenters. The molecule has 0 radical (unpaired) electrons. The lowest BCUT2D eigenvalue weighted by molar-refractivity contribution is -0.129. The Morgan fingerprint density at radius 1 is 1.23 bits per heavy atom. The molecule has 0 aliphatic heterocycles. The third-order valence-corrected chi connectivity index (χ3v) is 3.04. The summed E-state index contributed by atoms with van der Waals surface area (Å²) in [6.45, 7) is 0.990. The number of likely N-dealkylation sites (N-methyl/N-ethyl adjacent to an activating group) is 1. The summed E-state index contributed by atoms with van der Waals surface area (Å²) in [6.07, 6.45) is 1.82. The summed E-state index contributed by atoms with van der Waals surface area (Å²) in [7, 11) is 1.76. The first-order valence-electron chi connectivity index (χ1n) is 6.77. The van der Waals surface area contributed by atoms with Gasteiger partial charge in [-0.15, -0.1) is 12.4 Å². The average Bonchev–Trinajstić information content (AvgIpc) is 2.50. The van der Waals surface area contributed by atoms with Gasteiger partial charge in [0.1, 0.15) is 12.4 Å². The van der Waals surface area contributed by atoms with Crippen molar-refractivity contribution in [3.63, 3.8) is 0 Å². The topological polar surface area (TPSA) is 68.5 Å². The second kappa shape index (κ2) is 8.89. The van der Waals surface area contributed by atoms with E-state index in [1.807, 2.05) is 30.3 Å². The van der Waals surface area contributed by atoms with Crippen LogP contribution in [0.15, 0.2) is 48.7 Å². The van der Waals surface area contributed by atoms with Gasteiger partial charge in [-0.05, 0) is 24.3 Å². The number of pyridine rings is 1. The summed E-state index contributed by atoms with van der Waals surface area (Å²) in [6, 6.07) is 13.0. The quantitative estimate of drug-likeness (QED) is 0.885. The molecule has 0 atom stereocenters. The summed E-state index contributed by atoms with van der Waals surface area (Å²) in [4.78, 5) is 17.8. The van der Waals surface area contributed by atoms with Crippen molar-refractivity contribution >= 4 is 24.0 Å². The van der Waals surface area contributed by atoms with Crippen LogP contribution in [0.4, 0.5) is 5.69 Å². The lowest BCUT2D eigenvalue weighted by Gasteiger charge is -2.17. The number of nitrogens with two attached hydrogens (primary N) is 1. The summed E-state index contributed by atoms with van der Waals surface area (Å²) < 4.78 is 5.57. The maximum atomic E-state index is 12.0. The van der Waals surface area contributed by atoms with Crippen molar-refractivity contribution in [3.8, 4) is 5.75 Å². The Labute approximate surface area is 136 Å². The molecule has 0 saturated carbocycles. The van der Waals surface area contributed by atoms with Crippen LogP contribution in [0.5, 0.6) is 5.75 Å². The van der Waals surface area contributed by atoms with E-state index in [0.717, 1.165) is 5.75 Å². The number of benzene rings is 1. The van der Waals surface area contributed by atoms with E-state index in [-0.39, 0.29) is 24.7 Å². The van der Waals surface area contributed by atoms with Crippen molar-refractivity contribution in [2.45, 2.75) is 6.42 Å². The number of halogens is 1. The SMILES string of the molecule is CN(CCOc1ccccc1)C(=O)Cc1ccc(N)cn1.Cl. The second-order valence-corrected chi connectivity index (χ2v) is 4.74. The minimum Gasteiger partial charge on any atom is -0.492 e. The first-order valence-corrected chi connectivity index (χ1v) is 6.77. The molecule has 0 spiro atoms. The van der Waals surface area contributed by atoms with E-state index in [1.54, 1.807) is 30.3 Å². The summed E-state index contributed by atoms with van der Waals surface area (Å²) >= 11 is 0. The normalized spacial score (nSPS) is 9.68. The predicted molar refractivity (Wildman–Crippen MR) is 89.2 cm³/mol. The van der Waals surface area contributed by atoms with Crippen molar-refractivity contribution < 1.29 is 9.53 Å².